The van der Waals surface area contributed by atoms with E-state index >= 15 is 0 Å². The number of nitrogens with zero attached hydrogens (tertiary/aromatic N) is 4. The fourth-order valence-corrected chi connectivity index (χ4v) is 4.04. The van der Waals surface area contributed by atoms with Crippen LogP contribution in [-0.2, 0) is 16.2 Å². The number of aliphatic hydroxyl groups is 2. The van der Waals surface area contributed by atoms with Crippen molar-refractivity contribution in [2.75, 3.05) is 13.6 Å². The molecule has 1 aromatic heterocycles. The highest BCUT2D eigenvalue weighted by atomic mass is 16.5. The summed E-state index contributed by atoms with van der Waals surface area (Å²) in [6.07, 6.45) is 0.502. The first-order chi connectivity index (χ1) is 15.5. The van der Waals surface area contributed by atoms with Crippen molar-refractivity contribution in [3.05, 3.63) is 41.7 Å². The molecule has 10 nitrogen and oxygen atoms in total. The molecule has 0 aliphatic carbocycles. The average Bonchev–Trinajstić information content (AvgIpc) is 3.37. The van der Waals surface area contributed by atoms with Gasteiger partial charge >= 0.3 is 0 Å². The maximum atomic E-state index is 13.6. The number of hydrogen-bond donors (Lipinski definition) is 3. The second-order valence-electron chi connectivity index (χ2n) is 9.51. The minimum absolute atomic E-state index is 0.0911. The van der Waals surface area contributed by atoms with Crippen molar-refractivity contribution in [1.82, 2.24) is 25.2 Å². The van der Waals surface area contributed by atoms with Gasteiger partial charge in [-0.3, -0.25) is 9.59 Å². The highest BCUT2D eigenvalue weighted by Gasteiger charge is 2.45. The minimum Gasteiger partial charge on any atom is -0.487 e. The molecule has 2 amide bonds. The van der Waals surface area contributed by atoms with Crippen molar-refractivity contribution in [2.45, 2.75) is 65.0 Å². The lowest BCUT2D eigenvalue weighted by molar-refractivity contribution is -0.144. The van der Waals surface area contributed by atoms with E-state index in [0.717, 1.165) is 5.56 Å². The van der Waals surface area contributed by atoms with Crippen LogP contribution in [0.2, 0.25) is 0 Å². The standard InChI is InChI=1S/C23H33N5O5/c1-14(29)15-7-6-8-18(9-15)33-13-16-11-28(26-25-16)20(23(2,3)4)22(32)27-12-17(30)10-19(27)21(31)24-5/h6-9,11,14,17,19-20,29-30H,10,12-13H2,1-5H3,(H,24,31)/t14?,17-,19+,20+/m0/s1. The molecule has 1 unspecified atom stereocenters. The molecule has 2 heterocycles. The van der Waals surface area contributed by atoms with Crippen molar-refractivity contribution < 1.29 is 24.5 Å². The van der Waals surface area contributed by atoms with Crippen LogP contribution in [0.4, 0.5) is 0 Å². The smallest absolute Gasteiger partial charge is 0.248 e. The molecule has 33 heavy (non-hydrogen) atoms. The average molecular weight is 460 g/mol. The number of aliphatic hydroxyl groups excluding tert-OH is 2. The van der Waals surface area contributed by atoms with Gasteiger partial charge in [-0.2, -0.15) is 0 Å². The van der Waals surface area contributed by atoms with Gasteiger partial charge in [-0.15, -0.1) is 5.10 Å². The molecule has 3 N–H and O–H groups in total. The lowest BCUT2D eigenvalue weighted by atomic mass is 9.85. The second-order valence-corrected chi connectivity index (χ2v) is 9.51. The molecule has 4 atom stereocenters. The fraction of sp³-hybridized carbons (Fsp3) is 0.565. The Labute approximate surface area is 193 Å². The molecule has 1 fully saturated rings. The first-order valence-electron chi connectivity index (χ1n) is 11.0. The molecule has 1 aliphatic heterocycles. The van der Waals surface area contributed by atoms with Crippen molar-refractivity contribution in [3.8, 4) is 5.75 Å². The lowest BCUT2D eigenvalue weighted by Gasteiger charge is -2.34. The summed E-state index contributed by atoms with van der Waals surface area (Å²) in [6, 6.07) is 5.71. The third-order valence-electron chi connectivity index (χ3n) is 5.71. The van der Waals surface area contributed by atoms with Crippen LogP contribution in [-0.4, -0.2) is 67.7 Å². The Morgan fingerprint density at radius 3 is 2.70 bits per heavy atom. The molecule has 0 saturated carbocycles. The van der Waals surface area contributed by atoms with Crippen LogP contribution in [0, 0.1) is 5.41 Å². The summed E-state index contributed by atoms with van der Waals surface area (Å²) in [5, 5.41) is 30.8. The topological polar surface area (TPSA) is 130 Å². The summed E-state index contributed by atoms with van der Waals surface area (Å²) in [5.74, 6) is -0.0137. The van der Waals surface area contributed by atoms with Crippen LogP contribution in [0.15, 0.2) is 30.5 Å². The van der Waals surface area contributed by atoms with E-state index in [0.29, 0.717) is 11.4 Å². The molecule has 1 aliphatic rings. The van der Waals surface area contributed by atoms with E-state index in [9.17, 15) is 19.8 Å². The Morgan fingerprint density at radius 2 is 2.06 bits per heavy atom. The Bertz CT molecular complexity index is 984. The summed E-state index contributed by atoms with van der Waals surface area (Å²) in [4.78, 5) is 27.3. The summed E-state index contributed by atoms with van der Waals surface area (Å²) in [7, 11) is 1.51. The van der Waals surface area contributed by atoms with Gasteiger partial charge in [0.05, 0.1) is 18.4 Å². The first-order valence-corrected chi connectivity index (χ1v) is 11.0. The number of amides is 2. The summed E-state index contributed by atoms with van der Waals surface area (Å²) < 4.78 is 7.29. The maximum Gasteiger partial charge on any atom is 0.248 e. The molecule has 10 heteroatoms. The number of likely N-dealkylation sites (tertiary alicyclic amines) is 1. The van der Waals surface area contributed by atoms with E-state index in [1.165, 1.54) is 16.6 Å². The molecule has 0 radical (unpaired) electrons. The van der Waals surface area contributed by atoms with Crippen molar-refractivity contribution in [3.63, 3.8) is 0 Å². The molecular formula is C23H33N5O5. The largest absolute Gasteiger partial charge is 0.487 e. The number of carbonyl (C=O) groups is 2. The van der Waals surface area contributed by atoms with Gasteiger partial charge in [0, 0.05) is 20.0 Å². The van der Waals surface area contributed by atoms with Crippen LogP contribution in [0.1, 0.15) is 57.5 Å². The zero-order valence-corrected chi connectivity index (χ0v) is 19.7. The normalized spacial score (nSPS) is 20.4. The Morgan fingerprint density at radius 1 is 1.33 bits per heavy atom. The number of nitrogens with one attached hydrogen (secondary N) is 1. The summed E-state index contributed by atoms with van der Waals surface area (Å²) in [5.41, 5.74) is 0.742. The van der Waals surface area contributed by atoms with Gasteiger partial charge in [0.25, 0.3) is 0 Å². The predicted molar refractivity (Wildman–Crippen MR) is 120 cm³/mol. The number of ether oxygens (including phenoxy) is 1. The second kappa shape index (κ2) is 9.88. The molecule has 2 aromatic rings. The maximum absolute atomic E-state index is 13.6. The molecule has 1 saturated heterocycles. The molecular weight excluding hydrogens is 426 g/mol. The Hall–Kier alpha value is -2.98. The quantitative estimate of drug-likeness (QED) is 0.567. The van der Waals surface area contributed by atoms with Gasteiger partial charge in [-0.05, 0) is 30.0 Å². The van der Waals surface area contributed by atoms with Crippen LogP contribution in [0.5, 0.6) is 5.75 Å². The van der Waals surface area contributed by atoms with E-state index in [2.05, 4.69) is 15.6 Å². The monoisotopic (exact) mass is 459 g/mol. The van der Waals surface area contributed by atoms with Gasteiger partial charge in [0.1, 0.15) is 30.1 Å². The molecule has 180 valence electrons. The van der Waals surface area contributed by atoms with Gasteiger partial charge in [-0.25, -0.2) is 4.68 Å². The van der Waals surface area contributed by atoms with Crippen LogP contribution in [0.3, 0.4) is 0 Å². The molecule has 0 bridgehead atoms. The number of aromatic nitrogens is 3. The zero-order valence-electron chi connectivity index (χ0n) is 19.7. The van der Waals surface area contributed by atoms with E-state index in [-0.39, 0.29) is 31.4 Å². The van der Waals surface area contributed by atoms with Gasteiger partial charge in [-0.1, -0.05) is 38.1 Å². The third kappa shape index (κ3) is 5.69. The van der Waals surface area contributed by atoms with Crippen molar-refractivity contribution in [1.29, 1.82) is 0 Å². The molecule has 1 aromatic carbocycles. The van der Waals surface area contributed by atoms with Gasteiger partial charge in [0.2, 0.25) is 11.8 Å². The number of benzene rings is 1. The summed E-state index contributed by atoms with van der Waals surface area (Å²) in [6.45, 7) is 7.65. The van der Waals surface area contributed by atoms with E-state index < -0.39 is 29.7 Å². The number of rotatable bonds is 7. The van der Waals surface area contributed by atoms with Crippen LogP contribution >= 0.6 is 0 Å². The van der Waals surface area contributed by atoms with E-state index in [1.807, 2.05) is 26.8 Å². The van der Waals surface area contributed by atoms with Crippen LogP contribution < -0.4 is 10.1 Å². The highest BCUT2D eigenvalue weighted by Crippen LogP contribution is 2.34. The number of β-amino-alcohol motifs (C(OH)–C–C–N with tert-alkyl or cyclic N) is 1. The Kier molecular flexibility index (Phi) is 7.38. The third-order valence-corrected chi connectivity index (χ3v) is 5.71. The number of carbonyl (C=O) groups excluding carboxylic acids is 2. The number of likely N-dealkylation sites (N-methyl/N-ethyl adjacent to an activating group) is 1. The fourth-order valence-electron chi connectivity index (χ4n) is 4.04. The van der Waals surface area contributed by atoms with E-state index in [4.69, 9.17) is 4.74 Å². The molecule has 0 spiro atoms. The molecule has 3 rings (SSSR count). The predicted octanol–water partition coefficient (Wildman–Crippen LogP) is 1.21. The first kappa shape index (κ1) is 24.7. The van der Waals surface area contributed by atoms with Gasteiger partial charge in [0.15, 0.2) is 0 Å². The van der Waals surface area contributed by atoms with Gasteiger partial charge < -0.3 is 25.2 Å². The van der Waals surface area contributed by atoms with Crippen molar-refractivity contribution >= 4 is 11.8 Å². The minimum atomic E-state index is -0.756. The Balaban J connectivity index is 1.78. The zero-order chi connectivity index (χ0) is 24.3. The SMILES string of the molecule is CNC(=O)[C@H]1C[C@H](O)CN1C(=O)[C@@H](n1cc(COc2cccc(C(C)O)c2)nn1)C(C)(C)C. The van der Waals surface area contributed by atoms with E-state index in [1.54, 1.807) is 31.3 Å². The van der Waals surface area contributed by atoms with Crippen molar-refractivity contribution in [2.24, 2.45) is 5.41 Å². The highest BCUT2D eigenvalue weighted by molar-refractivity contribution is 5.90. The number of hydrogen-bond acceptors (Lipinski definition) is 7. The summed E-state index contributed by atoms with van der Waals surface area (Å²) >= 11 is 0. The lowest BCUT2D eigenvalue weighted by Crippen LogP contribution is -2.49. The van der Waals surface area contributed by atoms with Crippen LogP contribution in [0.25, 0.3) is 0 Å².